The number of thioether (sulfide) groups is 2. The fourth-order valence-electron chi connectivity index (χ4n) is 0.809. The lowest BCUT2D eigenvalue weighted by Crippen LogP contribution is -2.37. The van der Waals surface area contributed by atoms with Crippen molar-refractivity contribution in [1.29, 1.82) is 0 Å². The summed E-state index contributed by atoms with van der Waals surface area (Å²) in [6, 6.07) is 0. The Morgan fingerprint density at radius 3 is 2.31 bits per heavy atom. The molecule has 0 radical (unpaired) electrons. The van der Waals surface area contributed by atoms with Crippen molar-refractivity contribution >= 4 is 36.5 Å². The van der Waals surface area contributed by atoms with E-state index in [0.29, 0.717) is 13.2 Å². The standard InChI is InChI=1S/C6H10NO3PS2/c1-3-9-6(10-4-2)12-5(13-6)7-11-8/h3-4H2,1-2H3. The Balaban J connectivity index is 2.46. The van der Waals surface area contributed by atoms with Crippen molar-refractivity contribution in [3.8, 4) is 0 Å². The van der Waals surface area contributed by atoms with Crippen LogP contribution < -0.4 is 0 Å². The molecular formula is C6H10NO3PS2. The Kier molecular flexibility index (Phi) is 4.69. The zero-order valence-electron chi connectivity index (χ0n) is 7.35. The molecule has 0 saturated carbocycles. The van der Waals surface area contributed by atoms with Gasteiger partial charge in [0, 0.05) is 13.2 Å². The van der Waals surface area contributed by atoms with Crippen LogP contribution in [0.1, 0.15) is 13.8 Å². The van der Waals surface area contributed by atoms with Crippen molar-refractivity contribution in [3.63, 3.8) is 0 Å². The van der Waals surface area contributed by atoms with E-state index in [1.807, 2.05) is 13.8 Å². The highest BCUT2D eigenvalue weighted by Gasteiger charge is 2.47. The van der Waals surface area contributed by atoms with E-state index in [4.69, 9.17) is 9.47 Å². The highest BCUT2D eigenvalue weighted by molar-refractivity contribution is 8.54. The summed E-state index contributed by atoms with van der Waals surface area (Å²) in [5.74, 6) is 0. The van der Waals surface area contributed by atoms with E-state index in [-0.39, 0.29) is 8.61 Å². The van der Waals surface area contributed by atoms with Gasteiger partial charge in [-0.15, -0.1) is 0 Å². The van der Waals surface area contributed by atoms with Gasteiger partial charge in [-0.25, -0.2) is 4.57 Å². The average molecular weight is 239 g/mol. The van der Waals surface area contributed by atoms with Gasteiger partial charge in [0.2, 0.25) is 0 Å². The molecule has 0 aliphatic carbocycles. The van der Waals surface area contributed by atoms with Crippen molar-refractivity contribution in [2.75, 3.05) is 13.2 Å². The molecule has 0 aromatic heterocycles. The highest BCUT2D eigenvalue weighted by atomic mass is 32.3. The van der Waals surface area contributed by atoms with Crippen molar-refractivity contribution in [1.82, 2.24) is 0 Å². The predicted molar refractivity (Wildman–Crippen MR) is 56.2 cm³/mol. The van der Waals surface area contributed by atoms with Crippen molar-refractivity contribution in [2.24, 2.45) is 4.76 Å². The van der Waals surface area contributed by atoms with Gasteiger partial charge < -0.3 is 9.47 Å². The lowest BCUT2D eigenvalue weighted by Gasteiger charge is -2.38. The third-order valence-electron chi connectivity index (χ3n) is 1.19. The van der Waals surface area contributed by atoms with Gasteiger partial charge in [-0.05, 0) is 37.4 Å². The molecule has 4 nitrogen and oxygen atoms in total. The largest absolute Gasteiger partial charge is 0.332 e. The van der Waals surface area contributed by atoms with E-state index < -0.39 is 4.45 Å². The first kappa shape index (κ1) is 11.5. The molecule has 1 fully saturated rings. The van der Waals surface area contributed by atoms with Crippen LogP contribution in [-0.4, -0.2) is 22.0 Å². The van der Waals surface area contributed by atoms with Gasteiger partial charge in [-0.2, -0.15) is 4.76 Å². The van der Waals surface area contributed by atoms with Gasteiger partial charge in [-0.1, -0.05) is 0 Å². The van der Waals surface area contributed by atoms with E-state index in [1.54, 1.807) is 0 Å². The highest BCUT2D eigenvalue weighted by Crippen LogP contribution is 2.54. The summed E-state index contributed by atoms with van der Waals surface area (Å²) in [7, 11) is -0.215. The van der Waals surface area contributed by atoms with Gasteiger partial charge >= 0.3 is 8.61 Å². The first-order valence-corrected chi connectivity index (χ1v) is 6.22. The SMILES string of the molecule is CCOC1(OCC)SC(=NP=O)S1. The quantitative estimate of drug-likeness (QED) is 0.545. The summed E-state index contributed by atoms with van der Waals surface area (Å²) >= 11 is 2.71. The maximum atomic E-state index is 10.1. The molecule has 74 valence electrons. The van der Waals surface area contributed by atoms with E-state index >= 15 is 0 Å². The van der Waals surface area contributed by atoms with E-state index in [2.05, 4.69) is 4.76 Å². The number of ether oxygens (including phenoxy) is 2. The maximum absolute atomic E-state index is 10.1. The second-order valence-corrected chi connectivity index (χ2v) is 5.15. The molecule has 0 atom stereocenters. The minimum Gasteiger partial charge on any atom is -0.332 e. The van der Waals surface area contributed by atoms with E-state index in [1.165, 1.54) is 23.5 Å². The van der Waals surface area contributed by atoms with Crippen LogP contribution in [0.2, 0.25) is 0 Å². The average Bonchev–Trinajstić information content (AvgIpc) is 2.03. The Labute approximate surface area is 87.1 Å². The molecule has 0 N–H and O–H groups in total. The van der Waals surface area contributed by atoms with Gasteiger partial charge in [0.25, 0.3) is 4.45 Å². The molecule has 13 heavy (non-hydrogen) atoms. The predicted octanol–water partition coefficient (Wildman–Crippen LogP) is 2.71. The lowest BCUT2D eigenvalue weighted by atomic mass is 10.8. The number of hydrogen-bond donors (Lipinski definition) is 0. The molecule has 1 heterocycles. The summed E-state index contributed by atoms with van der Waals surface area (Å²) in [5.41, 5.74) is 0. The molecule has 1 aliphatic rings. The van der Waals surface area contributed by atoms with Gasteiger partial charge in [0.1, 0.15) is 4.38 Å². The number of nitrogens with zero attached hydrogens (tertiary/aromatic N) is 1. The van der Waals surface area contributed by atoms with Crippen LogP contribution in [0, 0.1) is 0 Å². The third-order valence-corrected chi connectivity index (χ3v) is 4.24. The monoisotopic (exact) mass is 239 g/mol. The Morgan fingerprint density at radius 2 is 1.92 bits per heavy atom. The molecule has 1 rings (SSSR count). The van der Waals surface area contributed by atoms with Crippen molar-refractivity contribution in [2.45, 2.75) is 18.3 Å². The summed E-state index contributed by atoms with van der Waals surface area (Å²) in [6.45, 7) is 4.98. The van der Waals surface area contributed by atoms with Crippen LogP contribution in [0.25, 0.3) is 0 Å². The fraction of sp³-hybridized carbons (Fsp3) is 0.833. The Hall–Kier alpha value is 0.390. The second-order valence-electron chi connectivity index (χ2n) is 2.02. The summed E-state index contributed by atoms with van der Waals surface area (Å²) in [4.78, 5) is 0. The number of hydrogen-bond acceptors (Lipinski definition) is 5. The first-order valence-electron chi connectivity index (χ1n) is 3.82. The number of rotatable bonds is 5. The van der Waals surface area contributed by atoms with E-state index in [0.717, 1.165) is 4.38 Å². The molecule has 1 aliphatic heterocycles. The molecule has 7 heteroatoms. The molecule has 0 unspecified atom stereocenters. The molecule has 0 spiro atoms. The summed E-state index contributed by atoms with van der Waals surface area (Å²) < 4.78 is 24.7. The summed E-state index contributed by atoms with van der Waals surface area (Å²) in [6.07, 6.45) is 0. The van der Waals surface area contributed by atoms with Gasteiger partial charge in [0.05, 0.1) is 0 Å². The molecule has 0 bridgehead atoms. The third kappa shape index (κ3) is 2.92. The zero-order chi connectivity index (χ0) is 9.73. The van der Waals surface area contributed by atoms with Crippen molar-refractivity contribution < 1.29 is 14.0 Å². The molecule has 0 aromatic rings. The smallest absolute Gasteiger partial charge is 0.304 e. The Morgan fingerprint density at radius 1 is 1.38 bits per heavy atom. The fourth-order valence-corrected chi connectivity index (χ4v) is 3.43. The lowest BCUT2D eigenvalue weighted by molar-refractivity contribution is -0.101. The van der Waals surface area contributed by atoms with Crippen molar-refractivity contribution in [3.05, 3.63) is 0 Å². The molecule has 0 amide bonds. The van der Waals surface area contributed by atoms with Crippen LogP contribution in [0.15, 0.2) is 4.76 Å². The molecular weight excluding hydrogens is 229 g/mol. The van der Waals surface area contributed by atoms with Crippen LogP contribution in [0.4, 0.5) is 0 Å². The van der Waals surface area contributed by atoms with Crippen LogP contribution >= 0.6 is 32.1 Å². The minimum absolute atomic E-state index is 0.215. The zero-order valence-corrected chi connectivity index (χ0v) is 9.88. The van der Waals surface area contributed by atoms with E-state index in [9.17, 15) is 4.57 Å². The topological polar surface area (TPSA) is 47.9 Å². The first-order chi connectivity index (χ1) is 6.26. The van der Waals surface area contributed by atoms with Crippen LogP contribution in [0.3, 0.4) is 0 Å². The van der Waals surface area contributed by atoms with Crippen LogP contribution in [0.5, 0.6) is 0 Å². The van der Waals surface area contributed by atoms with Crippen LogP contribution in [-0.2, 0) is 14.0 Å². The second kappa shape index (κ2) is 5.32. The van der Waals surface area contributed by atoms with Gasteiger partial charge in [0.15, 0.2) is 0 Å². The van der Waals surface area contributed by atoms with Gasteiger partial charge in [-0.3, -0.25) is 0 Å². The molecule has 1 saturated heterocycles. The Bertz CT molecular complexity index is 208. The normalized spacial score (nSPS) is 20.0. The minimum atomic E-state index is -0.646. The molecule has 0 aromatic carbocycles. The maximum Gasteiger partial charge on any atom is 0.304 e. The summed E-state index contributed by atoms with van der Waals surface area (Å²) in [5, 5.41) is 0.